The van der Waals surface area contributed by atoms with E-state index >= 15 is 0 Å². The van der Waals surface area contributed by atoms with Gasteiger partial charge < -0.3 is 19.1 Å². The van der Waals surface area contributed by atoms with Crippen LogP contribution in [0, 0.1) is 13.8 Å². The van der Waals surface area contributed by atoms with Crippen LogP contribution in [-0.4, -0.2) is 80.8 Å². The first-order valence-electron chi connectivity index (χ1n) is 9.75. The average molecular weight is 453 g/mol. The summed E-state index contributed by atoms with van der Waals surface area (Å²) in [5.41, 5.74) is 1.44. The number of sulfonamides is 1. The Labute approximate surface area is 182 Å². The van der Waals surface area contributed by atoms with Crippen molar-refractivity contribution in [2.24, 2.45) is 7.05 Å². The molecule has 1 aliphatic heterocycles. The van der Waals surface area contributed by atoms with Crippen LogP contribution >= 0.6 is 0 Å². The number of hydrogen-bond acceptors (Lipinski definition) is 7. The summed E-state index contributed by atoms with van der Waals surface area (Å²) >= 11 is 0. The molecule has 0 radical (unpaired) electrons. The third-order valence-corrected chi connectivity index (χ3v) is 7.63. The number of carbonyl (C=O) groups is 1. The van der Waals surface area contributed by atoms with Crippen LogP contribution < -0.4 is 14.2 Å². The molecule has 2 heterocycles. The molecule has 1 amide bonds. The molecule has 0 aliphatic carbocycles. The molecule has 0 bridgehead atoms. The number of nitrogens with zero attached hydrogens (tertiary/aromatic N) is 4. The quantitative estimate of drug-likeness (QED) is 0.649. The zero-order chi connectivity index (χ0) is 22.9. The Morgan fingerprint density at radius 1 is 0.968 bits per heavy atom. The van der Waals surface area contributed by atoms with Crippen molar-refractivity contribution < 1.29 is 27.4 Å². The standard InChI is InChI=1S/C20H28N4O6S/c1-13-19(14(2)22(3)21-13)31(26,27)24-9-7-23(8-10-24)20(25)15-11-16(28-4)18(30-6)17(12-15)29-5/h11-12H,7-10H2,1-6H3. The van der Waals surface area contributed by atoms with Crippen LogP contribution in [-0.2, 0) is 17.1 Å². The van der Waals surface area contributed by atoms with Gasteiger partial charge in [0.15, 0.2) is 11.5 Å². The minimum absolute atomic E-state index is 0.201. The van der Waals surface area contributed by atoms with Crippen LogP contribution in [0.3, 0.4) is 0 Å². The highest BCUT2D eigenvalue weighted by molar-refractivity contribution is 7.89. The van der Waals surface area contributed by atoms with Crippen molar-refractivity contribution in [2.45, 2.75) is 18.7 Å². The van der Waals surface area contributed by atoms with E-state index in [0.29, 0.717) is 34.2 Å². The lowest BCUT2D eigenvalue weighted by Crippen LogP contribution is -2.50. The van der Waals surface area contributed by atoms with Crippen molar-refractivity contribution in [3.8, 4) is 17.2 Å². The molecule has 0 spiro atoms. The number of amides is 1. The second-order valence-electron chi connectivity index (χ2n) is 7.23. The second-order valence-corrected chi connectivity index (χ2v) is 9.11. The summed E-state index contributed by atoms with van der Waals surface area (Å²) in [4.78, 5) is 14.9. The van der Waals surface area contributed by atoms with E-state index in [9.17, 15) is 13.2 Å². The Kier molecular flexibility index (Phi) is 6.46. The van der Waals surface area contributed by atoms with Gasteiger partial charge in [-0.1, -0.05) is 0 Å². The zero-order valence-electron chi connectivity index (χ0n) is 18.6. The normalized spacial score (nSPS) is 15.1. The fraction of sp³-hybridized carbons (Fsp3) is 0.500. The molecule has 0 unspecified atom stereocenters. The molecule has 0 atom stereocenters. The molecule has 3 rings (SSSR count). The number of benzene rings is 1. The average Bonchev–Trinajstić information content (AvgIpc) is 3.03. The van der Waals surface area contributed by atoms with E-state index in [1.165, 1.54) is 25.6 Å². The van der Waals surface area contributed by atoms with Crippen molar-refractivity contribution >= 4 is 15.9 Å². The maximum absolute atomic E-state index is 13.1. The van der Waals surface area contributed by atoms with Gasteiger partial charge >= 0.3 is 0 Å². The van der Waals surface area contributed by atoms with Crippen LogP contribution in [0.2, 0.25) is 0 Å². The summed E-state index contributed by atoms with van der Waals surface area (Å²) in [5, 5.41) is 4.21. The number of hydrogen-bond donors (Lipinski definition) is 0. The molecule has 2 aromatic rings. The van der Waals surface area contributed by atoms with Crippen molar-refractivity contribution in [1.82, 2.24) is 19.0 Å². The van der Waals surface area contributed by atoms with Gasteiger partial charge in [0.2, 0.25) is 15.8 Å². The molecular formula is C20H28N4O6S. The third-order valence-electron chi connectivity index (χ3n) is 5.48. The predicted octanol–water partition coefficient (Wildman–Crippen LogP) is 1.21. The first kappa shape index (κ1) is 22.9. The van der Waals surface area contributed by atoms with Gasteiger partial charge in [-0.15, -0.1) is 0 Å². The summed E-state index contributed by atoms with van der Waals surface area (Å²) in [6.45, 7) is 4.36. The van der Waals surface area contributed by atoms with Gasteiger partial charge in [0.1, 0.15) is 4.90 Å². The minimum atomic E-state index is -3.69. The van der Waals surface area contributed by atoms with Crippen LogP contribution in [0.4, 0.5) is 0 Å². The Bertz CT molecular complexity index is 1060. The number of rotatable bonds is 6. The number of aromatic nitrogens is 2. The number of ether oxygens (including phenoxy) is 3. The Morgan fingerprint density at radius 3 is 1.94 bits per heavy atom. The maximum Gasteiger partial charge on any atom is 0.254 e. The number of carbonyl (C=O) groups excluding carboxylic acids is 1. The Hall–Kier alpha value is -2.79. The van der Waals surface area contributed by atoms with E-state index in [2.05, 4.69) is 5.10 Å². The highest BCUT2D eigenvalue weighted by atomic mass is 32.2. The van der Waals surface area contributed by atoms with Gasteiger partial charge in [-0.3, -0.25) is 9.48 Å². The minimum Gasteiger partial charge on any atom is -0.493 e. The number of methoxy groups -OCH3 is 3. The Balaban J connectivity index is 1.79. The first-order chi connectivity index (χ1) is 14.6. The maximum atomic E-state index is 13.1. The third kappa shape index (κ3) is 4.07. The molecule has 1 aliphatic rings. The molecule has 0 saturated carbocycles. The van der Waals surface area contributed by atoms with Gasteiger partial charge in [0.25, 0.3) is 5.91 Å². The monoisotopic (exact) mass is 452 g/mol. The van der Waals surface area contributed by atoms with Gasteiger partial charge in [0, 0.05) is 38.8 Å². The molecule has 0 N–H and O–H groups in total. The molecular weight excluding hydrogens is 424 g/mol. The summed E-state index contributed by atoms with van der Waals surface area (Å²) in [6.07, 6.45) is 0. The number of aryl methyl sites for hydroxylation is 2. The predicted molar refractivity (Wildman–Crippen MR) is 113 cm³/mol. The van der Waals surface area contributed by atoms with Crippen LogP contribution in [0.1, 0.15) is 21.7 Å². The van der Waals surface area contributed by atoms with Crippen LogP contribution in [0.5, 0.6) is 17.2 Å². The summed E-state index contributed by atoms with van der Waals surface area (Å²) in [6, 6.07) is 3.18. The Morgan fingerprint density at radius 2 is 1.52 bits per heavy atom. The van der Waals surface area contributed by atoms with Crippen molar-refractivity contribution in [3.63, 3.8) is 0 Å². The summed E-state index contributed by atoms with van der Waals surface area (Å²) < 4.78 is 45.2. The highest BCUT2D eigenvalue weighted by Gasteiger charge is 2.34. The molecule has 1 aromatic carbocycles. The second kappa shape index (κ2) is 8.75. The zero-order valence-corrected chi connectivity index (χ0v) is 19.4. The molecule has 31 heavy (non-hydrogen) atoms. The van der Waals surface area contributed by atoms with Crippen molar-refractivity contribution in [1.29, 1.82) is 0 Å². The lowest BCUT2D eigenvalue weighted by Gasteiger charge is -2.34. The van der Waals surface area contributed by atoms with Crippen LogP contribution in [0.15, 0.2) is 17.0 Å². The van der Waals surface area contributed by atoms with E-state index in [1.54, 1.807) is 42.6 Å². The summed E-state index contributed by atoms with van der Waals surface area (Å²) in [5.74, 6) is 0.938. The lowest BCUT2D eigenvalue weighted by molar-refractivity contribution is 0.0697. The van der Waals surface area contributed by atoms with Crippen molar-refractivity contribution in [3.05, 3.63) is 29.1 Å². The molecule has 1 fully saturated rings. The fourth-order valence-corrected chi connectivity index (χ4v) is 5.60. The molecule has 1 aromatic heterocycles. The molecule has 11 heteroatoms. The van der Waals surface area contributed by atoms with E-state index in [1.807, 2.05) is 0 Å². The smallest absolute Gasteiger partial charge is 0.254 e. The van der Waals surface area contributed by atoms with Crippen LogP contribution in [0.25, 0.3) is 0 Å². The van der Waals surface area contributed by atoms with Gasteiger partial charge in [-0.05, 0) is 26.0 Å². The van der Waals surface area contributed by atoms with E-state index in [-0.39, 0.29) is 37.0 Å². The number of piperazine rings is 1. The summed E-state index contributed by atoms with van der Waals surface area (Å²) in [7, 11) is 2.49. The van der Waals surface area contributed by atoms with Crippen molar-refractivity contribution in [2.75, 3.05) is 47.5 Å². The lowest BCUT2D eigenvalue weighted by atomic mass is 10.1. The fourth-order valence-electron chi connectivity index (χ4n) is 3.78. The van der Waals surface area contributed by atoms with E-state index < -0.39 is 10.0 Å². The largest absolute Gasteiger partial charge is 0.493 e. The SMILES string of the molecule is COc1cc(C(=O)N2CCN(S(=O)(=O)c3c(C)nn(C)c3C)CC2)cc(OC)c1OC. The topological polar surface area (TPSA) is 103 Å². The highest BCUT2D eigenvalue weighted by Crippen LogP contribution is 2.38. The molecule has 10 nitrogen and oxygen atoms in total. The van der Waals surface area contributed by atoms with E-state index in [0.717, 1.165) is 0 Å². The van der Waals surface area contributed by atoms with E-state index in [4.69, 9.17) is 14.2 Å². The molecule has 1 saturated heterocycles. The van der Waals surface area contributed by atoms with Gasteiger partial charge in [-0.2, -0.15) is 9.40 Å². The van der Waals surface area contributed by atoms with Gasteiger partial charge in [0.05, 0.1) is 32.7 Å². The van der Waals surface area contributed by atoms with Gasteiger partial charge in [-0.25, -0.2) is 8.42 Å². The first-order valence-corrected chi connectivity index (χ1v) is 11.2. The molecule has 170 valence electrons.